The molecule has 0 fully saturated rings. The number of aliphatic carboxylic acids is 1. The Balaban J connectivity index is 2.65. The monoisotopic (exact) mass is 475 g/mol. The molecule has 0 spiro atoms. The molecule has 16 heteroatoms. The zero-order valence-electron chi connectivity index (χ0n) is 16.5. The summed E-state index contributed by atoms with van der Waals surface area (Å²) < 4.78 is 4.79. The number of esters is 1. The second kappa shape index (κ2) is 12.4. The number of carbonyl (C=O) groups excluding carboxylic acids is 3. The van der Waals surface area contributed by atoms with Gasteiger partial charge in [-0.1, -0.05) is 6.08 Å². The van der Waals surface area contributed by atoms with Crippen molar-refractivity contribution in [3.63, 3.8) is 0 Å². The van der Waals surface area contributed by atoms with Crippen LogP contribution in [0.2, 0.25) is 0 Å². The van der Waals surface area contributed by atoms with Crippen molar-refractivity contribution >= 4 is 36.4 Å². The van der Waals surface area contributed by atoms with Crippen LogP contribution in [0.5, 0.6) is 0 Å². The van der Waals surface area contributed by atoms with Gasteiger partial charge in [0.25, 0.3) is 0 Å². The van der Waals surface area contributed by atoms with Gasteiger partial charge in [-0.2, -0.15) is 12.6 Å². The number of nitrogens with zero attached hydrogens (tertiary/aromatic N) is 2. The first-order valence-electron chi connectivity index (χ1n) is 9.03. The van der Waals surface area contributed by atoms with E-state index in [-0.39, 0.29) is 25.0 Å². The number of ether oxygens (including phenoxy) is 1. The summed E-state index contributed by atoms with van der Waals surface area (Å²) in [6, 6.07) is -4.12. The molecule has 0 aliphatic heterocycles. The van der Waals surface area contributed by atoms with E-state index in [1.54, 1.807) is 0 Å². The third-order valence-corrected chi connectivity index (χ3v) is 4.48. The molecule has 0 radical (unpaired) electrons. The Kier molecular flexibility index (Phi) is 10.2. The maximum Gasteiger partial charge on any atom is 0.361 e. The van der Waals surface area contributed by atoms with Gasteiger partial charge in [0.1, 0.15) is 18.6 Å². The van der Waals surface area contributed by atoms with Gasteiger partial charge in [0, 0.05) is 23.5 Å². The van der Waals surface area contributed by atoms with Crippen LogP contribution in [0.4, 0.5) is 0 Å². The molecule has 1 aliphatic carbocycles. The predicted molar refractivity (Wildman–Crippen MR) is 108 cm³/mol. The molecular formula is C16H21N5O10S. The Bertz CT molecular complexity index is 858. The quantitative estimate of drug-likeness (QED) is 0.0927. The van der Waals surface area contributed by atoms with E-state index < -0.39 is 69.7 Å². The maximum atomic E-state index is 12.1. The Morgan fingerprint density at radius 1 is 1.31 bits per heavy atom. The summed E-state index contributed by atoms with van der Waals surface area (Å²) in [6.07, 6.45) is 1.61. The van der Waals surface area contributed by atoms with Crippen molar-refractivity contribution in [3.8, 4) is 0 Å². The Hall–Kier alpha value is -3.53. The predicted octanol–water partition coefficient (Wildman–Crippen LogP) is -1.65. The number of nitrogens with two attached hydrogens (primary N) is 1. The third-order valence-electron chi connectivity index (χ3n) is 4.11. The van der Waals surface area contributed by atoms with Gasteiger partial charge in [0.15, 0.2) is 0 Å². The number of hydrogen-bond acceptors (Lipinski definition) is 11. The molecule has 5 N–H and O–H groups in total. The van der Waals surface area contributed by atoms with Gasteiger partial charge in [0.2, 0.25) is 17.6 Å². The average Bonchev–Trinajstić information content (AvgIpc) is 2.73. The fourth-order valence-corrected chi connectivity index (χ4v) is 2.72. The fourth-order valence-electron chi connectivity index (χ4n) is 2.46. The van der Waals surface area contributed by atoms with E-state index in [1.807, 2.05) is 0 Å². The summed E-state index contributed by atoms with van der Waals surface area (Å²) in [5, 5.41) is 35.3. The van der Waals surface area contributed by atoms with Crippen molar-refractivity contribution in [2.45, 2.75) is 37.4 Å². The molecule has 0 bridgehead atoms. The van der Waals surface area contributed by atoms with Crippen molar-refractivity contribution in [1.29, 1.82) is 0 Å². The zero-order chi connectivity index (χ0) is 24.4. The molecule has 0 aromatic carbocycles. The van der Waals surface area contributed by atoms with Crippen LogP contribution in [0.25, 0.3) is 0 Å². The van der Waals surface area contributed by atoms with Crippen LogP contribution in [0.15, 0.2) is 23.6 Å². The molecule has 0 saturated carbocycles. The summed E-state index contributed by atoms with van der Waals surface area (Å²) in [5.41, 5.74) is 4.39. The fraction of sp³-hybridized carbons (Fsp3) is 0.500. The number of nitrogens with one attached hydrogen (secondary N) is 2. The number of carboxylic acid groups (broad SMARTS) is 1. The highest BCUT2D eigenvalue weighted by Crippen LogP contribution is 2.23. The molecule has 32 heavy (non-hydrogen) atoms. The summed E-state index contributed by atoms with van der Waals surface area (Å²) in [4.78, 5) is 66.8. The van der Waals surface area contributed by atoms with Gasteiger partial charge in [-0.15, -0.1) is 0 Å². The van der Waals surface area contributed by atoms with Gasteiger partial charge >= 0.3 is 23.7 Å². The second-order valence-corrected chi connectivity index (χ2v) is 6.79. The smallest absolute Gasteiger partial charge is 0.361 e. The minimum absolute atomic E-state index is 0.165. The number of allylic oxidation sites excluding steroid dienone is 1. The second-order valence-electron chi connectivity index (χ2n) is 6.42. The zero-order valence-corrected chi connectivity index (χ0v) is 17.4. The van der Waals surface area contributed by atoms with Crippen LogP contribution in [-0.2, 0) is 23.9 Å². The van der Waals surface area contributed by atoms with Crippen molar-refractivity contribution in [2.24, 2.45) is 5.73 Å². The molecule has 0 heterocycles. The lowest BCUT2D eigenvalue weighted by Gasteiger charge is -2.17. The van der Waals surface area contributed by atoms with E-state index in [0.717, 1.165) is 6.08 Å². The van der Waals surface area contributed by atoms with Crippen LogP contribution in [0.1, 0.15) is 19.3 Å². The first-order valence-corrected chi connectivity index (χ1v) is 9.66. The Morgan fingerprint density at radius 2 is 1.97 bits per heavy atom. The van der Waals surface area contributed by atoms with E-state index in [2.05, 4.69) is 23.3 Å². The highest BCUT2D eigenvalue weighted by atomic mass is 32.1. The van der Waals surface area contributed by atoms with Crippen LogP contribution in [0.3, 0.4) is 0 Å². The Morgan fingerprint density at radius 3 is 2.50 bits per heavy atom. The highest BCUT2D eigenvalue weighted by Gasteiger charge is 2.41. The molecule has 3 atom stereocenters. The minimum atomic E-state index is -1.69. The molecule has 1 rings (SSSR count). The third kappa shape index (κ3) is 7.95. The van der Waals surface area contributed by atoms with E-state index in [1.165, 1.54) is 6.08 Å². The SMILES string of the molecule is NC(CCC(=O)N[C@H](CS)C(=O)NCC(=O)OC1=C([N+](=O)[O-])C([N+](=O)[O-])CC=C1)C(=O)O. The molecule has 2 unspecified atom stereocenters. The van der Waals surface area contributed by atoms with Gasteiger partial charge in [0.05, 0.1) is 4.92 Å². The van der Waals surface area contributed by atoms with Crippen molar-refractivity contribution in [1.82, 2.24) is 10.6 Å². The lowest BCUT2D eigenvalue weighted by Crippen LogP contribution is -2.49. The molecule has 1 aliphatic rings. The lowest BCUT2D eigenvalue weighted by molar-refractivity contribution is -0.556. The Labute approximate surface area is 185 Å². The summed E-state index contributed by atoms with van der Waals surface area (Å²) >= 11 is 3.92. The van der Waals surface area contributed by atoms with E-state index in [4.69, 9.17) is 15.6 Å². The topological polar surface area (TPSA) is 234 Å². The van der Waals surface area contributed by atoms with E-state index >= 15 is 0 Å². The molecular weight excluding hydrogens is 454 g/mol. The summed E-state index contributed by atoms with van der Waals surface area (Å²) in [5.74, 6) is -4.71. The maximum absolute atomic E-state index is 12.1. The number of carboxylic acids is 1. The first-order chi connectivity index (χ1) is 15.0. The van der Waals surface area contributed by atoms with Crippen LogP contribution < -0.4 is 16.4 Å². The normalized spacial score (nSPS) is 17.1. The number of hydrogen-bond donors (Lipinski definition) is 5. The van der Waals surface area contributed by atoms with E-state index in [9.17, 15) is 39.4 Å². The average molecular weight is 475 g/mol. The number of nitro groups is 2. The number of amides is 2. The molecule has 0 saturated heterocycles. The van der Waals surface area contributed by atoms with Crippen LogP contribution in [0, 0.1) is 20.2 Å². The van der Waals surface area contributed by atoms with Gasteiger partial charge in [-0.05, 0) is 12.5 Å². The first kappa shape index (κ1) is 26.5. The summed E-state index contributed by atoms with van der Waals surface area (Å²) in [6.45, 7) is -0.756. The standard InChI is InChI=1S/C16H21N5O10S/c17-8(16(25)26)4-5-12(22)19-9(7-32)15(24)18-6-13(23)31-11-3-1-2-10(20(27)28)14(11)21(29)30/h1,3,8-10,32H,2,4-7,17H2,(H,18,24)(H,19,22)(H,25,26)/t8?,9-,10?/m1/s1. The van der Waals surface area contributed by atoms with Crippen molar-refractivity contribution in [3.05, 3.63) is 43.8 Å². The van der Waals surface area contributed by atoms with Gasteiger partial charge < -0.3 is 26.2 Å². The van der Waals surface area contributed by atoms with Crippen LogP contribution in [-0.4, -0.2) is 69.1 Å². The van der Waals surface area contributed by atoms with Crippen molar-refractivity contribution < 1.29 is 38.9 Å². The summed E-state index contributed by atoms with van der Waals surface area (Å²) in [7, 11) is 0. The number of rotatable bonds is 12. The molecule has 176 valence electrons. The molecule has 2 amide bonds. The van der Waals surface area contributed by atoms with E-state index in [0.29, 0.717) is 0 Å². The minimum Gasteiger partial charge on any atom is -0.480 e. The van der Waals surface area contributed by atoms with Gasteiger partial charge in [-0.25, -0.2) is 4.79 Å². The number of carbonyl (C=O) groups is 4. The van der Waals surface area contributed by atoms with Crippen molar-refractivity contribution in [2.75, 3.05) is 12.3 Å². The molecule has 0 aromatic heterocycles. The van der Waals surface area contributed by atoms with Crippen LogP contribution >= 0.6 is 12.6 Å². The molecule has 15 nitrogen and oxygen atoms in total. The number of thiol groups is 1. The lowest BCUT2D eigenvalue weighted by atomic mass is 10.0. The molecule has 0 aromatic rings. The largest absolute Gasteiger partial charge is 0.480 e. The van der Waals surface area contributed by atoms with Gasteiger partial charge in [-0.3, -0.25) is 34.6 Å². The highest BCUT2D eigenvalue weighted by molar-refractivity contribution is 7.80.